The Hall–Kier alpha value is -3.01. The normalized spacial score (nSPS) is 10.7. The monoisotopic (exact) mass is 377 g/mol. The second kappa shape index (κ2) is 5.65. The molecule has 1 aromatic carbocycles. The number of fused-ring (bicyclic) bond motifs is 1. The summed E-state index contributed by atoms with van der Waals surface area (Å²) in [6.07, 6.45) is 3.17. The molecule has 0 aliphatic carbocycles. The molecule has 23 heavy (non-hydrogen) atoms. The number of amides is 1. The smallest absolute Gasteiger partial charge is 0.277 e. The number of hydrogen-bond donors (Lipinski definition) is 2. The quantitative estimate of drug-likeness (QED) is 0.410. The van der Waals surface area contributed by atoms with Crippen LogP contribution in [0.15, 0.2) is 41.1 Å². The van der Waals surface area contributed by atoms with E-state index in [-0.39, 0.29) is 22.8 Å². The van der Waals surface area contributed by atoms with Crippen molar-refractivity contribution in [2.45, 2.75) is 0 Å². The zero-order chi connectivity index (χ0) is 16.6. The number of nitrogens with one attached hydrogen (secondary N) is 1. The number of rotatable bonds is 3. The SMILES string of the molecule is O=C(Nc1cc([N+](=O)[O-])ccc1O)c1nn2cccnc2c1Br. The minimum atomic E-state index is -0.641. The largest absolute Gasteiger partial charge is 0.506 e. The Morgan fingerprint density at radius 2 is 2.22 bits per heavy atom. The first-order valence-corrected chi connectivity index (χ1v) is 7.04. The molecule has 116 valence electrons. The van der Waals surface area contributed by atoms with Crippen LogP contribution < -0.4 is 5.32 Å². The highest BCUT2D eigenvalue weighted by Crippen LogP contribution is 2.29. The van der Waals surface area contributed by atoms with Crippen molar-refractivity contribution in [2.75, 3.05) is 5.32 Å². The number of phenolic OH excluding ortho intramolecular Hbond substituents is 1. The van der Waals surface area contributed by atoms with Gasteiger partial charge in [0.15, 0.2) is 11.3 Å². The molecule has 2 aromatic heterocycles. The number of halogens is 1. The van der Waals surface area contributed by atoms with Crippen LogP contribution in [0.1, 0.15) is 10.5 Å². The number of anilines is 1. The molecule has 0 aliphatic heterocycles. The predicted octanol–water partition coefficient (Wildman–Crippen LogP) is 2.36. The van der Waals surface area contributed by atoms with Gasteiger partial charge >= 0.3 is 0 Å². The summed E-state index contributed by atoms with van der Waals surface area (Å²) < 4.78 is 1.78. The first-order chi connectivity index (χ1) is 11.0. The number of carbonyl (C=O) groups excluding carboxylic acids is 1. The van der Waals surface area contributed by atoms with Crippen molar-refractivity contribution in [1.29, 1.82) is 0 Å². The van der Waals surface area contributed by atoms with E-state index in [0.29, 0.717) is 10.1 Å². The minimum absolute atomic E-state index is 0.0367. The number of non-ortho nitro benzene ring substituents is 1. The van der Waals surface area contributed by atoms with Crippen LogP contribution >= 0.6 is 15.9 Å². The zero-order valence-corrected chi connectivity index (χ0v) is 12.9. The van der Waals surface area contributed by atoms with Crippen LogP contribution in [0.3, 0.4) is 0 Å². The number of aromatic nitrogens is 3. The highest BCUT2D eigenvalue weighted by atomic mass is 79.9. The third-order valence-corrected chi connectivity index (χ3v) is 3.72. The lowest BCUT2D eigenvalue weighted by Gasteiger charge is -2.05. The van der Waals surface area contributed by atoms with E-state index in [1.807, 2.05) is 0 Å². The highest BCUT2D eigenvalue weighted by molar-refractivity contribution is 9.10. The fourth-order valence-corrected chi connectivity index (χ4v) is 2.47. The van der Waals surface area contributed by atoms with Gasteiger partial charge < -0.3 is 10.4 Å². The summed E-state index contributed by atoms with van der Waals surface area (Å²) in [6.45, 7) is 0. The van der Waals surface area contributed by atoms with Gasteiger partial charge in [0, 0.05) is 24.5 Å². The number of benzene rings is 1. The average molecular weight is 378 g/mol. The lowest BCUT2D eigenvalue weighted by molar-refractivity contribution is -0.384. The average Bonchev–Trinajstić information content (AvgIpc) is 2.87. The maximum absolute atomic E-state index is 12.3. The Kier molecular flexibility index (Phi) is 3.66. The van der Waals surface area contributed by atoms with Gasteiger partial charge in [-0.1, -0.05) is 0 Å². The molecular weight excluding hydrogens is 370 g/mol. The molecule has 0 radical (unpaired) electrons. The van der Waals surface area contributed by atoms with E-state index in [1.54, 1.807) is 18.5 Å². The summed E-state index contributed by atoms with van der Waals surface area (Å²) in [5, 5.41) is 27.0. The van der Waals surface area contributed by atoms with Gasteiger partial charge in [-0.15, -0.1) is 0 Å². The number of hydrogen-bond acceptors (Lipinski definition) is 6. The van der Waals surface area contributed by atoms with Crippen molar-refractivity contribution in [3.63, 3.8) is 0 Å². The van der Waals surface area contributed by atoms with Gasteiger partial charge in [0.2, 0.25) is 0 Å². The fraction of sp³-hybridized carbons (Fsp3) is 0. The molecule has 1 amide bonds. The van der Waals surface area contributed by atoms with Crippen molar-refractivity contribution in [1.82, 2.24) is 14.6 Å². The summed E-state index contributed by atoms with van der Waals surface area (Å²) in [7, 11) is 0. The van der Waals surface area contributed by atoms with Crippen LogP contribution in [0.4, 0.5) is 11.4 Å². The third-order valence-electron chi connectivity index (χ3n) is 2.99. The van der Waals surface area contributed by atoms with Gasteiger partial charge in [-0.05, 0) is 28.1 Å². The molecule has 2 N–H and O–H groups in total. The first-order valence-electron chi connectivity index (χ1n) is 6.25. The molecule has 3 aromatic rings. The summed E-state index contributed by atoms with van der Waals surface area (Å²) in [6, 6.07) is 4.99. The van der Waals surface area contributed by atoms with Crippen molar-refractivity contribution in [3.05, 3.63) is 56.9 Å². The van der Waals surface area contributed by atoms with E-state index in [9.17, 15) is 20.0 Å². The zero-order valence-electron chi connectivity index (χ0n) is 11.3. The second-order valence-corrected chi connectivity index (χ2v) is 5.26. The van der Waals surface area contributed by atoms with Gasteiger partial charge in [0.05, 0.1) is 15.1 Å². The Bertz CT molecular complexity index is 939. The molecule has 0 atom stereocenters. The molecule has 0 aliphatic rings. The Labute approximate surface area is 136 Å². The maximum atomic E-state index is 12.3. The van der Waals surface area contributed by atoms with E-state index in [1.165, 1.54) is 4.52 Å². The van der Waals surface area contributed by atoms with Crippen molar-refractivity contribution in [3.8, 4) is 5.75 Å². The van der Waals surface area contributed by atoms with Gasteiger partial charge in [0.25, 0.3) is 11.6 Å². The maximum Gasteiger partial charge on any atom is 0.277 e. The van der Waals surface area contributed by atoms with E-state index >= 15 is 0 Å². The van der Waals surface area contributed by atoms with Crippen LogP contribution in [-0.2, 0) is 0 Å². The molecule has 0 unspecified atom stereocenters. The Morgan fingerprint density at radius 3 is 2.91 bits per heavy atom. The molecule has 0 bridgehead atoms. The minimum Gasteiger partial charge on any atom is -0.506 e. The molecule has 0 saturated heterocycles. The lowest BCUT2D eigenvalue weighted by atomic mass is 10.2. The van der Waals surface area contributed by atoms with E-state index in [0.717, 1.165) is 18.2 Å². The van der Waals surface area contributed by atoms with E-state index < -0.39 is 10.8 Å². The van der Waals surface area contributed by atoms with Gasteiger partial charge in [0.1, 0.15) is 5.75 Å². The van der Waals surface area contributed by atoms with E-state index in [2.05, 4.69) is 31.3 Å². The van der Waals surface area contributed by atoms with Crippen molar-refractivity contribution >= 4 is 38.9 Å². The summed E-state index contributed by atoms with van der Waals surface area (Å²) in [5.74, 6) is -0.930. The standard InChI is InChI=1S/C13H8BrN5O4/c14-10-11(17-18-5-1-4-15-12(10)18)13(21)16-8-6-7(19(22)23)2-3-9(8)20/h1-6,20H,(H,16,21). The van der Waals surface area contributed by atoms with Crippen molar-refractivity contribution < 1.29 is 14.8 Å². The highest BCUT2D eigenvalue weighted by Gasteiger charge is 2.20. The summed E-state index contributed by atoms with van der Waals surface area (Å²) in [4.78, 5) is 26.5. The second-order valence-electron chi connectivity index (χ2n) is 4.46. The van der Waals surface area contributed by atoms with Crippen LogP contribution in [0.25, 0.3) is 5.65 Å². The van der Waals surface area contributed by atoms with Gasteiger partial charge in [-0.25, -0.2) is 9.50 Å². The number of carbonyl (C=O) groups is 1. The summed E-state index contributed by atoms with van der Waals surface area (Å²) in [5.41, 5.74) is 0.144. The molecule has 9 nitrogen and oxygen atoms in total. The number of phenols is 1. The molecule has 0 fully saturated rings. The molecule has 0 spiro atoms. The van der Waals surface area contributed by atoms with Crippen LogP contribution in [0.5, 0.6) is 5.75 Å². The Morgan fingerprint density at radius 1 is 1.43 bits per heavy atom. The Balaban J connectivity index is 1.96. The number of aromatic hydroxyl groups is 1. The number of nitro groups is 1. The predicted molar refractivity (Wildman–Crippen MR) is 83.4 cm³/mol. The number of nitrogens with zero attached hydrogens (tertiary/aromatic N) is 4. The van der Waals surface area contributed by atoms with Crippen LogP contribution in [-0.4, -0.2) is 30.5 Å². The topological polar surface area (TPSA) is 123 Å². The van der Waals surface area contributed by atoms with Crippen molar-refractivity contribution in [2.24, 2.45) is 0 Å². The fourth-order valence-electron chi connectivity index (χ4n) is 1.92. The van der Waals surface area contributed by atoms with Crippen LogP contribution in [0.2, 0.25) is 0 Å². The molecule has 0 saturated carbocycles. The molecule has 2 heterocycles. The molecule has 3 rings (SSSR count). The first kappa shape index (κ1) is 14.9. The van der Waals surface area contributed by atoms with Crippen LogP contribution in [0, 0.1) is 10.1 Å². The molecular formula is C13H8BrN5O4. The summed E-state index contributed by atoms with van der Waals surface area (Å²) >= 11 is 3.24. The van der Waals surface area contributed by atoms with E-state index in [4.69, 9.17) is 0 Å². The third kappa shape index (κ3) is 2.71. The van der Waals surface area contributed by atoms with Gasteiger partial charge in [-0.3, -0.25) is 14.9 Å². The van der Waals surface area contributed by atoms with Gasteiger partial charge in [-0.2, -0.15) is 5.10 Å². The molecule has 10 heteroatoms. The number of nitro benzene ring substituents is 1. The lowest BCUT2D eigenvalue weighted by Crippen LogP contribution is -2.13.